The first kappa shape index (κ1) is 18.2. The summed E-state index contributed by atoms with van der Waals surface area (Å²) in [5, 5.41) is 0.309. The van der Waals surface area contributed by atoms with Gasteiger partial charge in [0, 0.05) is 5.56 Å². The highest BCUT2D eigenvalue weighted by atomic mass is 35.5. The highest BCUT2D eigenvalue weighted by molar-refractivity contribution is 6.33. The molecular formula is C9H13Cl3N4O. The van der Waals surface area contributed by atoms with Crippen molar-refractivity contribution in [3.05, 3.63) is 28.3 Å². The largest absolute Gasteiger partial charge is 0.397 e. The number of carbonyl (C=O) groups is 1. The van der Waals surface area contributed by atoms with Crippen LogP contribution in [0.1, 0.15) is 15.9 Å². The average molecular weight is 300 g/mol. The number of nitrogen functional groups attached to an aromatic ring is 1. The number of rotatable bonds is 1. The van der Waals surface area contributed by atoms with Crippen molar-refractivity contribution in [2.75, 3.05) is 5.73 Å². The molecule has 0 saturated carbocycles. The molecule has 17 heavy (non-hydrogen) atoms. The van der Waals surface area contributed by atoms with Crippen LogP contribution in [0, 0.1) is 6.92 Å². The van der Waals surface area contributed by atoms with Crippen molar-refractivity contribution in [1.29, 1.82) is 0 Å². The average Bonchev–Trinajstić information content (AvgIpc) is 2.12. The van der Waals surface area contributed by atoms with Gasteiger partial charge in [0.1, 0.15) is 0 Å². The van der Waals surface area contributed by atoms with Crippen LogP contribution in [0.4, 0.5) is 5.69 Å². The van der Waals surface area contributed by atoms with Crippen LogP contribution in [0.25, 0.3) is 0 Å². The van der Waals surface area contributed by atoms with Gasteiger partial charge in [0.25, 0.3) is 5.91 Å². The summed E-state index contributed by atoms with van der Waals surface area (Å²) in [5.41, 5.74) is 17.2. The van der Waals surface area contributed by atoms with Crippen molar-refractivity contribution < 1.29 is 4.79 Å². The maximum atomic E-state index is 11.4. The second-order valence-electron chi connectivity index (χ2n) is 3.03. The van der Waals surface area contributed by atoms with Gasteiger partial charge in [-0.3, -0.25) is 4.79 Å². The van der Waals surface area contributed by atoms with Gasteiger partial charge < -0.3 is 17.2 Å². The van der Waals surface area contributed by atoms with E-state index in [1.54, 1.807) is 13.0 Å². The lowest BCUT2D eigenvalue weighted by molar-refractivity contribution is 0.100. The number of halogens is 3. The Labute approximate surface area is 116 Å². The number of nitrogens with zero attached hydrogens (tertiary/aromatic N) is 1. The third-order valence-electron chi connectivity index (χ3n) is 1.81. The molecule has 0 unspecified atom stereocenters. The molecule has 0 fully saturated rings. The molecule has 0 saturated heterocycles. The number of anilines is 1. The van der Waals surface area contributed by atoms with E-state index < -0.39 is 5.91 Å². The zero-order valence-corrected chi connectivity index (χ0v) is 11.3. The predicted octanol–water partition coefficient (Wildman–Crippen LogP) is 1.49. The molecule has 0 aliphatic heterocycles. The fourth-order valence-electron chi connectivity index (χ4n) is 1.06. The number of benzene rings is 1. The Morgan fingerprint density at radius 3 is 2.24 bits per heavy atom. The lowest BCUT2D eigenvalue weighted by Crippen LogP contribution is -2.24. The highest BCUT2D eigenvalue weighted by Gasteiger charge is 2.09. The molecule has 0 atom stereocenters. The smallest absolute Gasteiger partial charge is 0.280 e. The van der Waals surface area contributed by atoms with E-state index >= 15 is 0 Å². The van der Waals surface area contributed by atoms with Crippen LogP contribution in [0.15, 0.2) is 17.1 Å². The number of hydrogen-bond acceptors (Lipinski definition) is 2. The lowest BCUT2D eigenvalue weighted by Gasteiger charge is -2.04. The van der Waals surface area contributed by atoms with Gasteiger partial charge >= 0.3 is 0 Å². The van der Waals surface area contributed by atoms with E-state index in [4.69, 9.17) is 28.8 Å². The Morgan fingerprint density at radius 1 is 1.29 bits per heavy atom. The summed E-state index contributed by atoms with van der Waals surface area (Å²) in [6.45, 7) is 1.74. The predicted molar refractivity (Wildman–Crippen MR) is 75.2 cm³/mol. The zero-order valence-electron chi connectivity index (χ0n) is 8.94. The quantitative estimate of drug-likeness (QED) is 0.415. The summed E-state index contributed by atoms with van der Waals surface area (Å²) in [6, 6.07) is 3.01. The first-order valence-corrected chi connectivity index (χ1v) is 4.49. The van der Waals surface area contributed by atoms with Crippen molar-refractivity contribution in [3.8, 4) is 0 Å². The van der Waals surface area contributed by atoms with Gasteiger partial charge in [-0.25, -0.2) is 0 Å². The van der Waals surface area contributed by atoms with Crippen molar-refractivity contribution in [3.63, 3.8) is 0 Å². The molecule has 96 valence electrons. The van der Waals surface area contributed by atoms with E-state index in [9.17, 15) is 4.79 Å². The highest BCUT2D eigenvalue weighted by Crippen LogP contribution is 2.24. The van der Waals surface area contributed by atoms with Crippen molar-refractivity contribution in [1.82, 2.24) is 0 Å². The molecule has 1 rings (SSSR count). The molecular weight excluding hydrogens is 286 g/mol. The van der Waals surface area contributed by atoms with Crippen LogP contribution in [-0.4, -0.2) is 11.9 Å². The number of aliphatic imine (C=N–C) groups is 1. The summed E-state index contributed by atoms with van der Waals surface area (Å²) >= 11 is 5.81. The molecule has 1 aromatic rings. The molecule has 0 bridgehead atoms. The molecule has 1 aromatic carbocycles. The van der Waals surface area contributed by atoms with E-state index in [2.05, 4.69) is 4.99 Å². The first-order valence-electron chi connectivity index (χ1n) is 4.11. The Hall–Kier alpha value is -1.17. The number of guanidine groups is 1. The van der Waals surface area contributed by atoms with Crippen LogP contribution >= 0.6 is 36.4 Å². The fraction of sp³-hybridized carbons (Fsp3) is 0.111. The normalized spacial score (nSPS) is 8.59. The molecule has 0 aromatic heterocycles. The summed E-state index contributed by atoms with van der Waals surface area (Å²) in [4.78, 5) is 14.8. The van der Waals surface area contributed by atoms with Gasteiger partial charge in [-0.05, 0) is 24.6 Å². The molecule has 0 aliphatic rings. The molecule has 6 N–H and O–H groups in total. The van der Waals surface area contributed by atoms with Crippen molar-refractivity contribution in [2.45, 2.75) is 6.92 Å². The Bertz CT molecular complexity index is 421. The van der Waals surface area contributed by atoms with Crippen LogP contribution < -0.4 is 17.2 Å². The topological polar surface area (TPSA) is 107 Å². The van der Waals surface area contributed by atoms with Gasteiger partial charge in [-0.2, -0.15) is 4.99 Å². The first-order chi connectivity index (χ1) is 6.91. The van der Waals surface area contributed by atoms with Crippen LogP contribution in [-0.2, 0) is 0 Å². The molecule has 1 amide bonds. The number of amides is 1. The second-order valence-corrected chi connectivity index (χ2v) is 3.44. The van der Waals surface area contributed by atoms with Gasteiger partial charge in [0.15, 0.2) is 5.96 Å². The summed E-state index contributed by atoms with van der Waals surface area (Å²) in [6.07, 6.45) is 0. The molecule has 5 nitrogen and oxygen atoms in total. The summed E-state index contributed by atoms with van der Waals surface area (Å²) < 4.78 is 0. The maximum Gasteiger partial charge on any atom is 0.280 e. The molecule has 8 heteroatoms. The minimum absolute atomic E-state index is 0. The van der Waals surface area contributed by atoms with E-state index in [0.717, 1.165) is 0 Å². The van der Waals surface area contributed by atoms with Crippen LogP contribution in [0.3, 0.4) is 0 Å². The fourth-order valence-corrected chi connectivity index (χ4v) is 1.33. The minimum atomic E-state index is -0.542. The molecule has 0 heterocycles. The van der Waals surface area contributed by atoms with E-state index in [0.29, 0.717) is 21.8 Å². The van der Waals surface area contributed by atoms with E-state index in [1.165, 1.54) is 6.07 Å². The Balaban J connectivity index is 0. The van der Waals surface area contributed by atoms with Gasteiger partial charge in [0.2, 0.25) is 0 Å². The van der Waals surface area contributed by atoms with E-state index in [1.807, 2.05) is 0 Å². The van der Waals surface area contributed by atoms with Gasteiger partial charge in [-0.15, -0.1) is 24.8 Å². The van der Waals surface area contributed by atoms with Gasteiger partial charge in [-0.1, -0.05) is 11.6 Å². The maximum absolute atomic E-state index is 11.4. The zero-order chi connectivity index (χ0) is 11.6. The standard InChI is InChI=1S/C9H11ClN4O.2ClH/c1-4-2-5(3-6(10)7(4)11)8(15)14-9(12)13;;/h2-3H,11H2,1H3,(H4,12,13,14,15);2*1H. The lowest BCUT2D eigenvalue weighted by atomic mass is 10.1. The summed E-state index contributed by atoms with van der Waals surface area (Å²) in [7, 11) is 0. The van der Waals surface area contributed by atoms with Crippen LogP contribution in [0.2, 0.25) is 5.02 Å². The SMILES string of the molecule is Cc1cc(C(=O)N=C(N)N)cc(Cl)c1N.Cl.Cl. The molecule has 0 aliphatic carbocycles. The molecule has 0 radical (unpaired) electrons. The minimum Gasteiger partial charge on any atom is -0.397 e. The third-order valence-corrected chi connectivity index (χ3v) is 2.13. The second kappa shape index (κ2) is 7.21. The van der Waals surface area contributed by atoms with Crippen molar-refractivity contribution >= 4 is 54.0 Å². The number of carbonyl (C=O) groups excluding carboxylic acids is 1. The number of aryl methyl sites for hydroxylation is 1. The molecule has 0 spiro atoms. The van der Waals surface area contributed by atoms with Crippen molar-refractivity contribution in [2.24, 2.45) is 16.5 Å². The monoisotopic (exact) mass is 298 g/mol. The van der Waals surface area contributed by atoms with Gasteiger partial charge in [0.05, 0.1) is 10.7 Å². The van der Waals surface area contributed by atoms with E-state index in [-0.39, 0.29) is 30.8 Å². The Kier molecular flexibility index (Phi) is 7.72. The van der Waals surface area contributed by atoms with Crippen LogP contribution in [0.5, 0.6) is 0 Å². The third kappa shape index (κ3) is 4.68. The number of nitrogens with two attached hydrogens (primary N) is 3. The Morgan fingerprint density at radius 2 is 1.82 bits per heavy atom. The summed E-state index contributed by atoms with van der Waals surface area (Å²) in [5.74, 6) is -0.828. The number of hydrogen-bond donors (Lipinski definition) is 3.